The molecule has 1 spiro atoms. The fraction of sp³-hybridized carbons (Fsp3) is 0.600. The minimum absolute atomic E-state index is 0.000621. The molecule has 5 heteroatoms. The minimum Gasteiger partial charge on any atom is -0.363 e. The van der Waals surface area contributed by atoms with Crippen LogP contribution < -0.4 is 5.32 Å². The maximum absolute atomic E-state index is 12.2. The van der Waals surface area contributed by atoms with Gasteiger partial charge in [0.25, 0.3) is 0 Å². The summed E-state index contributed by atoms with van der Waals surface area (Å²) in [5.74, 6) is 0.220. The molecule has 2 aliphatic heterocycles. The van der Waals surface area contributed by atoms with Crippen LogP contribution in [0.25, 0.3) is 0 Å². The van der Waals surface area contributed by atoms with Crippen LogP contribution in [0.5, 0.6) is 0 Å². The number of rotatable bonds is 6. The molecule has 1 aromatic rings. The Bertz CT molecular complexity index is 594. The molecule has 1 amide bonds. The van der Waals surface area contributed by atoms with E-state index in [0.29, 0.717) is 6.42 Å². The van der Waals surface area contributed by atoms with E-state index in [1.807, 2.05) is 30.3 Å². The second kappa shape index (κ2) is 8.11. The highest BCUT2D eigenvalue weighted by Gasteiger charge is 2.45. The SMILES string of the molecule is CCC1NC(=O)COC12CCN(CCCC(=O)c1ccccc1)CC2. The molecule has 2 heterocycles. The molecular formula is C20H28N2O3. The van der Waals surface area contributed by atoms with Crippen molar-refractivity contribution in [1.82, 2.24) is 10.2 Å². The lowest BCUT2D eigenvalue weighted by atomic mass is 9.81. The number of nitrogens with one attached hydrogen (secondary N) is 1. The average Bonchev–Trinajstić information content (AvgIpc) is 2.66. The Kier molecular flexibility index (Phi) is 5.86. The Balaban J connectivity index is 1.43. The van der Waals surface area contributed by atoms with Crippen molar-refractivity contribution in [3.05, 3.63) is 35.9 Å². The monoisotopic (exact) mass is 344 g/mol. The molecule has 0 aromatic heterocycles. The lowest BCUT2D eigenvalue weighted by Gasteiger charge is -2.48. The van der Waals surface area contributed by atoms with Crippen molar-refractivity contribution >= 4 is 11.7 Å². The van der Waals surface area contributed by atoms with Crippen LogP contribution in [0.3, 0.4) is 0 Å². The molecule has 5 nitrogen and oxygen atoms in total. The molecule has 1 aromatic carbocycles. The number of hydrogen-bond acceptors (Lipinski definition) is 4. The summed E-state index contributed by atoms with van der Waals surface area (Å²) in [7, 11) is 0. The topological polar surface area (TPSA) is 58.6 Å². The van der Waals surface area contributed by atoms with Gasteiger partial charge < -0.3 is 15.0 Å². The summed E-state index contributed by atoms with van der Waals surface area (Å²) in [6.45, 7) is 5.15. The molecule has 2 fully saturated rings. The Hall–Kier alpha value is -1.72. The summed E-state index contributed by atoms with van der Waals surface area (Å²) >= 11 is 0. The van der Waals surface area contributed by atoms with Gasteiger partial charge in [0.05, 0.1) is 11.6 Å². The number of likely N-dealkylation sites (tertiary alicyclic amines) is 1. The van der Waals surface area contributed by atoms with E-state index >= 15 is 0 Å². The van der Waals surface area contributed by atoms with Gasteiger partial charge >= 0.3 is 0 Å². The van der Waals surface area contributed by atoms with Crippen LogP contribution in [0.4, 0.5) is 0 Å². The van der Waals surface area contributed by atoms with E-state index in [-0.39, 0.29) is 29.9 Å². The highest BCUT2D eigenvalue weighted by molar-refractivity contribution is 5.95. The largest absolute Gasteiger partial charge is 0.363 e. The van der Waals surface area contributed by atoms with Gasteiger partial charge in [-0.25, -0.2) is 0 Å². The smallest absolute Gasteiger partial charge is 0.246 e. The first-order chi connectivity index (χ1) is 12.1. The predicted molar refractivity (Wildman–Crippen MR) is 96.6 cm³/mol. The van der Waals surface area contributed by atoms with Crippen LogP contribution in [-0.4, -0.2) is 54.5 Å². The van der Waals surface area contributed by atoms with E-state index in [2.05, 4.69) is 17.1 Å². The van der Waals surface area contributed by atoms with E-state index in [1.54, 1.807) is 0 Å². The molecule has 2 aliphatic rings. The van der Waals surface area contributed by atoms with Crippen LogP contribution in [0.2, 0.25) is 0 Å². The molecule has 0 radical (unpaired) electrons. The summed E-state index contributed by atoms with van der Waals surface area (Å²) in [5.41, 5.74) is 0.608. The molecule has 1 unspecified atom stereocenters. The zero-order valence-electron chi connectivity index (χ0n) is 15.0. The number of piperidine rings is 1. The van der Waals surface area contributed by atoms with Crippen LogP contribution >= 0.6 is 0 Å². The van der Waals surface area contributed by atoms with Crippen LogP contribution in [0.1, 0.15) is 49.4 Å². The quantitative estimate of drug-likeness (QED) is 0.805. The molecule has 136 valence electrons. The highest BCUT2D eigenvalue weighted by atomic mass is 16.5. The molecular weight excluding hydrogens is 316 g/mol. The lowest BCUT2D eigenvalue weighted by molar-refractivity contribution is -0.161. The van der Waals surface area contributed by atoms with Gasteiger partial charge in [0, 0.05) is 25.1 Å². The first-order valence-corrected chi connectivity index (χ1v) is 9.37. The third kappa shape index (κ3) is 4.28. The second-order valence-electron chi connectivity index (χ2n) is 7.12. The fourth-order valence-electron chi connectivity index (χ4n) is 4.03. The van der Waals surface area contributed by atoms with Gasteiger partial charge in [0.2, 0.25) is 5.91 Å². The van der Waals surface area contributed by atoms with Gasteiger partial charge in [-0.15, -0.1) is 0 Å². The molecule has 3 rings (SSSR count). The number of benzene rings is 1. The first-order valence-electron chi connectivity index (χ1n) is 9.37. The Morgan fingerprint density at radius 2 is 2.00 bits per heavy atom. The van der Waals surface area contributed by atoms with E-state index in [1.165, 1.54) is 0 Å². The fourth-order valence-corrected chi connectivity index (χ4v) is 4.03. The molecule has 0 bridgehead atoms. The van der Waals surface area contributed by atoms with Gasteiger partial charge in [-0.1, -0.05) is 37.3 Å². The number of ketones is 1. The number of Topliss-reactive ketones (excluding diaryl/α,β-unsaturated/α-hetero) is 1. The van der Waals surface area contributed by atoms with Crippen molar-refractivity contribution in [1.29, 1.82) is 0 Å². The van der Waals surface area contributed by atoms with Crippen LogP contribution in [-0.2, 0) is 9.53 Å². The molecule has 2 saturated heterocycles. The first kappa shape index (κ1) is 18.1. The number of morpholine rings is 1. The van der Waals surface area contributed by atoms with Crippen molar-refractivity contribution in [2.45, 2.75) is 50.7 Å². The maximum Gasteiger partial charge on any atom is 0.246 e. The number of hydrogen-bond donors (Lipinski definition) is 1. The summed E-state index contributed by atoms with van der Waals surface area (Å²) in [4.78, 5) is 26.1. The summed E-state index contributed by atoms with van der Waals surface area (Å²) in [6, 6.07) is 9.63. The third-order valence-electron chi connectivity index (χ3n) is 5.55. The molecule has 0 saturated carbocycles. The minimum atomic E-state index is -0.195. The zero-order chi connectivity index (χ0) is 17.7. The Morgan fingerprint density at radius 3 is 2.68 bits per heavy atom. The second-order valence-corrected chi connectivity index (χ2v) is 7.12. The van der Waals surface area contributed by atoms with Crippen molar-refractivity contribution < 1.29 is 14.3 Å². The number of amides is 1. The van der Waals surface area contributed by atoms with Gasteiger partial charge in [-0.2, -0.15) is 0 Å². The van der Waals surface area contributed by atoms with Gasteiger partial charge in [-0.05, 0) is 32.2 Å². The molecule has 1 atom stereocenters. The lowest BCUT2D eigenvalue weighted by Crippen LogP contribution is -2.63. The van der Waals surface area contributed by atoms with E-state index in [4.69, 9.17) is 4.74 Å². The van der Waals surface area contributed by atoms with Gasteiger partial charge in [-0.3, -0.25) is 9.59 Å². The summed E-state index contributed by atoms with van der Waals surface area (Å²) in [6.07, 6.45) is 4.26. The highest BCUT2D eigenvalue weighted by Crippen LogP contribution is 2.33. The summed E-state index contributed by atoms with van der Waals surface area (Å²) < 4.78 is 5.98. The average molecular weight is 344 g/mol. The summed E-state index contributed by atoms with van der Waals surface area (Å²) in [5, 5.41) is 3.09. The Labute approximate surface area is 149 Å². The van der Waals surface area contributed by atoms with Crippen molar-refractivity contribution in [3.8, 4) is 0 Å². The van der Waals surface area contributed by atoms with Gasteiger partial charge in [0.15, 0.2) is 5.78 Å². The zero-order valence-corrected chi connectivity index (χ0v) is 15.0. The third-order valence-corrected chi connectivity index (χ3v) is 5.55. The molecule has 1 N–H and O–H groups in total. The van der Waals surface area contributed by atoms with Crippen LogP contribution in [0, 0.1) is 0 Å². The van der Waals surface area contributed by atoms with Crippen molar-refractivity contribution in [3.63, 3.8) is 0 Å². The molecule has 25 heavy (non-hydrogen) atoms. The van der Waals surface area contributed by atoms with E-state index < -0.39 is 0 Å². The van der Waals surface area contributed by atoms with Crippen molar-refractivity contribution in [2.75, 3.05) is 26.2 Å². The number of carbonyl (C=O) groups is 2. The van der Waals surface area contributed by atoms with E-state index in [9.17, 15) is 9.59 Å². The maximum atomic E-state index is 12.2. The number of ether oxygens (including phenoxy) is 1. The van der Waals surface area contributed by atoms with Crippen molar-refractivity contribution in [2.24, 2.45) is 0 Å². The standard InChI is InChI=1S/C20H28N2O3/c1-2-18-20(25-15-19(24)21-18)10-13-22(14-11-20)12-6-9-17(23)16-7-4-3-5-8-16/h3-5,7-8,18H,2,6,9-15H2,1H3,(H,21,24). The normalized spacial score (nSPS) is 23.4. The molecule has 0 aliphatic carbocycles. The van der Waals surface area contributed by atoms with Gasteiger partial charge in [0.1, 0.15) is 6.61 Å². The number of nitrogens with zero attached hydrogens (tertiary/aromatic N) is 1. The van der Waals surface area contributed by atoms with E-state index in [0.717, 1.165) is 50.9 Å². The Morgan fingerprint density at radius 1 is 1.28 bits per heavy atom. The predicted octanol–water partition coefficient (Wildman–Crippen LogP) is 2.41. The van der Waals surface area contributed by atoms with Crippen LogP contribution in [0.15, 0.2) is 30.3 Å². The number of carbonyl (C=O) groups excluding carboxylic acids is 2.